The van der Waals surface area contributed by atoms with Crippen LogP contribution in [-0.4, -0.2) is 106 Å². The number of Topliss-reactive ketones (excluding diaryl/α,β-unsaturated/α-hetero) is 1. The number of aliphatic hydroxyl groups excluding tert-OH is 1. The summed E-state index contributed by atoms with van der Waals surface area (Å²) in [6.07, 6.45) is -10.8. The maximum atomic E-state index is 16.2. The van der Waals surface area contributed by atoms with Gasteiger partial charge in [-0.3, -0.25) is 19.2 Å². The van der Waals surface area contributed by atoms with Crippen LogP contribution in [-0.2, 0) is 47.6 Å². The lowest BCUT2D eigenvalue weighted by Gasteiger charge is -2.67. The molecule has 0 aromatic heterocycles. The van der Waals surface area contributed by atoms with Gasteiger partial charge in [0.1, 0.15) is 30.0 Å². The summed E-state index contributed by atoms with van der Waals surface area (Å²) in [7, 11) is 0. The topological polar surface area (TPSA) is 227 Å². The zero-order valence-electron chi connectivity index (χ0n) is 39.5. The molecule has 2 bridgehead atoms. The maximum Gasteiger partial charge on any atom is 0.338 e. The van der Waals surface area contributed by atoms with Crippen LogP contribution in [0.25, 0.3) is 0 Å². The van der Waals surface area contributed by atoms with Crippen molar-refractivity contribution in [2.75, 3.05) is 6.61 Å². The second-order valence-corrected chi connectivity index (χ2v) is 19.1. The van der Waals surface area contributed by atoms with Gasteiger partial charge in [-0.15, -0.1) is 0 Å². The lowest BCUT2D eigenvalue weighted by Crippen LogP contribution is -2.82. The summed E-state index contributed by atoms with van der Waals surface area (Å²) < 4.78 is 37.3. The molecule has 11 atom stereocenters. The van der Waals surface area contributed by atoms with Gasteiger partial charge in [0.25, 0.3) is 5.91 Å². The Morgan fingerprint density at radius 3 is 1.76 bits per heavy atom. The molecule has 2 unspecified atom stereocenters. The van der Waals surface area contributed by atoms with Crippen LogP contribution >= 0.6 is 0 Å². The Labute approximate surface area is 404 Å². The lowest BCUT2D eigenvalue weighted by atomic mass is 9.44. The first-order chi connectivity index (χ1) is 33.2. The minimum absolute atomic E-state index is 0.0344. The minimum atomic E-state index is -2.47. The first-order valence-corrected chi connectivity index (χ1v) is 23.0. The van der Waals surface area contributed by atoms with Crippen LogP contribution in [0.2, 0.25) is 0 Å². The van der Waals surface area contributed by atoms with E-state index in [0.717, 1.165) is 13.8 Å². The fraction of sp³-hybridized carbons (Fsp3) is 0.389. The summed E-state index contributed by atoms with van der Waals surface area (Å²) in [6, 6.07) is 30.8. The highest BCUT2D eigenvalue weighted by Crippen LogP contribution is 2.65. The van der Waals surface area contributed by atoms with E-state index in [2.05, 4.69) is 5.32 Å². The normalized spacial score (nSPS) is 29.4. The number of carbonyl (C=O) groups excluding carboxylic acids is 7. The Balaban J connectivity index is 1.31. The SMILES string of the molecule is CC(=O)O[C@H]1C(=O)[C@@]2(C)C(C(OC(=O)c3ccccc3)[C@]3(O)C[C@H](OC(=O)[C@H](O)[C@@H](NC(=O)c4ccccc4)c4ccccc4)C(C)=C1C3(C)C)[C@]1(OC(C)=O)CO[C@@H]1C[C@@H]2OC(=O)c1ccccc1. The Kier molecular flexibility index (Phi) is 13.5. The van der Waals surface area contributed by atoms with Gasteiger partial charge in [-0.05, 0) is 67.0 Å². The summed E-state index contributed by atoms with van der Waals surface area (Å²) in [6.45, 7) is 7.95. The number of rotatable bonds is 12. The predicted molar refractivity (Wildman–Crippen MR) is 247 cm³/mol. The number of esters is 5. The number of carbonyl (C=O) groups is 7. The molecule has 4 aliphatic rings. The fourth-order valence-electron chi connectivity index (χ4n) is 11.1. The standard InChI is InChI=1S/C54H55NO15/c1-30-37(67-50(63)42(58)41(33-19-11-7-12-20-33)55-47(60)34-21-13-8-14-22-34)28-54(64)46(69-49(62)36-25-17-10-18-26-36)44-52(6,45(59)43(66-31(2)56)40(30)51(54,4)5)38(68-48(61)35-23-15-9-16-24-35)27-39-53(44,29-65-39)70-32(3)57/h7-26,37-39,41-44,46,58,64H,27-29H2,1-6H3,(H,55,60)/t37-,38-,39+,41-,42+,43+,44?,46?,52+,53-,54+/m0/s1. The van der Waals surface area contributed by atoms with Crippen molar-refractivity contribution in [2.24, 2.45) is 16.7 Å². The van der Waals surface area contributed by atoms with Gasteiger partial charge in [0.05, 0.1) is 35.1 Å². The fourth-order valence-corrected chi connectivity index (χ4v) is 11.1. The van der Waals surface area contributed by atoms with E-state index in [1.54, 1.807) is 111 Å². The molecule has 4 aromatic rings. The number of amides is 1. The molecule has 70 heavy (non-hydrogen) atoms. The molecule has 3 N–H and O–H groups in total. The van der Waals surface area contributed by atoms with Gasteiger partial charge in [-0.2, -0.15) is 0 Å². The highest BCUT2D eigenvalue weighted by molar-refractivity contribution is 5.97. The molecule has 1 aliphatic heterocycles. The third-order valence-electron chi connectivity index (χ3n) is 14.7. The second-order valence-electron chi connectivity index (χ2n) is 19.1. The molecule has 366 valence electrons. The van der Waals surface area contributed by atoms with E-state index in [1.807, 2.05) is 0 Å². The molecule has 1 heterocycles. The highest BCUT2D eigenvalue weighted by atomic mass is 16.6. The Hall–Kier alpha value is -7.01. The van der Waals surface area contributed by atoms with Gasteiger partial charge >= 0.3 is 29.8 Å². The molecule has 16 heteroatoms. The minimum Gasteiger partial charge on any atom is -0.458 e. The summed E-state index contributed by atoms with van der Waals surface area (Å²) >= 11 is 0. The molecular weight excluding hydrogens is 903 g/mol. The van der Waals surface area contributed by atoms with Crippen LogP contribution in [0.3, 0.4) is 0 Å². The van der Waals surface area contributed by atoms with Crippen LogP contribution in [0.1, 0.15) is 97.1 Å². The third kappa shape index (κ3) is 8.57. The van der Waals surface area contributed by atoms with Crippen LogP contribution in [0.15, 0.2) is 132 Å². The summed E-state index contributed by atoms with van der Waals surface area (Å²) in [4.78, 5) is 99.5. The highest BCUT2D eigenvalue weighted by Gasteiger charge is 2.79. The first-order valence-electron chi connectivity index (χ1n) is 23.0. The van der Waals surface area contributed by atoms with Crippen molar-refractivity contribution in [1.29, 1.82) is 0 Å². The van der Waals surface area contributed by atoms with E-state index in [9.17, 15) is 39.0 Å². The number of hydrogen-bond acceptors (Lipinski definition) is 15. The van der Waals surface area contributed by atoms with Crippen LogP contribution in [0.4, 0.5) is 0 Å². The monoisotopic (exact) mass is 957 g/mol. The smallest absolute Gasteiger partial charge is 0.338 e. The van der Waals surface area contributed by atoms with E-state index in [1.165, 1.54) is 38.1 Å². The predicted octanol–water partition coefficient (Wildman–Crippen LogP) is 5.60. The van der Waals surface area contributed by atoms with Crippen LogP contribution < -0.4 is 5.32 Å². The maximum absolute atomic E-state index is 16.2. The average molecular weight is 958 g/mol. The van der Waals surface area contributed by atoms with E-state index < -0.39 is 119 Å². The van der Waals surface area contributed by atoms with Gasteiger partial charge in [0.15, 0.2) is 23.6 Å². The summed E-state index contributed by atoms with van der Waals surface area (Å²) in [5.41, 5.74) is -7.31. The molecule has 0 radical (unpaired) electrons. The molecule has 16 nitrogen and oxygen atoms in total. The van der Waals surface area contributed by atoms with E-state index in [-0.39, 0.29) is 40.9 Å². The van der Waals surface area contributed by atoms with Crippen molar-refractivity contribution in [3.05, 3.63) is 155 Å². The van der Waals surface area contributed by atoms with Crippen molar-refractivity contribution in [2.45, 2.75) is 108 Å². The molecule has 3 fully saturated rings. The van der Waals surface area contributed by atoms with Crippen molar-refractivity contribution in [3.63, 3.8) is 0 Å². The molecule has 0 spiro atoms. The van der Waals surface area contributed by atoms with Crippen molar-refractivity contribution < 1.29 is 72.2 Å². The molecule has 4 aromatic carbocycles. The number of benzene rings is 4. The number of hydrogen-bond donors (Lipinski definition) is 3. The van der Waals surface area contributed by atoms with Crippen LogP contribution in [0.5, 0.6) is 0 Å². The number of fused-ring (bicyclic) bond motifs is 5. The van der Waals surface area contributed by atoms with Crippen molar-refractivity contribution >= 4 is 41.5 Å². The molecule has 2 saturated carbocycles. The molecule has 1 saturated heterocycles. The number of nitrogens with one attached hydrogen (secondary N) is 1. The number of ether oxygens (including phenoxy) is 6. The summed E-state index contributed by atoms with van der Waals surface area (Å²) in [5.74, 6) is -7.90. The molecular formula is C54H55NO15. The van der Waals surface area contributed by atoms with Gasteiger partial charge < -0.3 is 44.0 Å². The zero-order chi connectivity index (χ0) is 50.3. The molecule has 1 amide bonds. The molecule has 3 aliphatic carbocycles. The lowest BCUT2D eigenvalue weighted by molar-refractivity contribution is -0.345. The number of aliphatic hydroxyl groups is 2. The van der Waals surface area contributed by atoms with E-state index in [4.69, 9.17) is 28.4 Å². The van der Waals surface area contributed by atoms with Gasteiger partial charge in [-0.1, -0.05) is 98.8 Å². The third-order valence-corrected chi connectivity index (χ3v) is 14.7. The Morgan fingerprint density at radius 2 is 1.24 bits per heavy atom. The van der Waals surface area contributed by atoms with Crippen molar-refractivity contribution in [3.8, 4) is 0 Å². The van der Waals surface area contributed by atoms with Crippen LogP contribution in [0, 0.1) is 16.7 Å². The Bertz CT molecular complexity index is 2710. The summed E-state index contributed by atoms with van der Waals surface area (Å²) in [5, 5.41) is 28.7. The first kappa shape index (κ1) is 49.4. The van der Waals surface area contributed by atoms with E-state index in [0.29, 0.717) is 5.56 Å². The number of ketones is 1. The van der Waals surface area contributed by atoms with Crippen molar-refractivity contribution in [1.82, 2.24) is 5.32 Å². The Morgan fingerprint density at radius 1 is 0.714 bits per heavy atom. The quantitative estimate of drug-likeness (QED) is 0.0892. The zero-order valence-corrected chi connectivity index (χ0v) is 39.5. The molecule has 8 rings (SSSR count). The largest absolute Gasteiger partial charge is 0.458 e. The van der Waals surface area contributed by atoms with E-state index >= 15 is 4.79 Å². The van der Waals surface area contributed by atoms with Gasteiger partial charge in [-0.25, -0.2) is 14.4 Å². The second kappa shape index (κ2) is 19.1. The average Bonchev–Trinajstić information content (AvgIpc) is 3.34. The van der Waals surface area contributed by atoms with Gasteiger partial charge in [0, 0.05) is 37.7 Å². The van der Waals surface area contributed by atoms with Gasteiger partial charge in [0.2, 0.25) is 0 Å².